The zero-order valence-corrected chi connectivity index (χ0v) is 9.79. The van der Waals surface area contributed by atoms with E-state index in [1.54, 1.807) is 0 Å². The largest absolute Gasteiger partial charge is 0.433 e. The highest BCUT2D eigenvalue weighted by molar-refractivity contribution is 5.38. The van der Waals surface area contributed by atoms with Crippen molar-refractivity contribution < 1.29 is 18.0 Å². The van der Waals surface area contributed by atoms with E-state index in [-0.39, 0.29) is 11.6 Å². The first kappa shape index (κ1) is 13.0. The van der Waals surface area contributed by atoms with E-state index in [0.29, 0.717) is 26.2 Å². The Bertz CT molecular complexity index is 416. The van der Waals surface area contributed by atoms with Gasteiger partial charge in [-0.3, -0.25) is 4.84 Å². The Kier molecular flexibility index (Phi) is 3.67. The van der Waals surface area contributed by atoms with Gasteiger partial charge in [-0.25, -0.2) is 15.0 Å². The van der Waals surface area contributed by atoms with Gasteiger partial charge < -0.3 is 5.32 Å². The number of alkyl halides is 3. The standard InChI is InChI=1S/C10H13F3N4O/c1-7-15-8(10(11,12)13)6-9(16-7)17-4-2-14-3-5-18-17/h6,14H,2-5H2,1H3. The molecule has 1 aliphatic heterocycles. The molecule has 0 radical (unpaired) electrons. The SMILES string of the molecule is Cc1nc(N2CCNCCO2)cc(C(F)(F)F)n1. The molecule has 100 valence electrons. The number of hydroxylamine groups is 1. The normalized spacial score (nSPS) is 17.7. The Balaban J connectivity index is 2.29. The molecular weight excluding hydrogens is 249 g/mol. The minimum Gasteiger partial charge on any atom is -0.312 e. The molecular formula is C10H13F3N4O. The summed E-state index contributed by atoms with van der Waals surface area (Å²) >= 11 is 0. The van der Waals surface area contributed by atoms with Gasteiger partial charge in [-0.2, -0.15) is 13.2 Å². The van der Waals surface area contributed by atoms with Crippen molar-refractivity contribution in [2.24, 2.45) is 0 Å². The molecule has 0 amide bonds. The first-order chi connectivity index (χ1) is 8.47. The quantitative estimate of drug-likeness (QED) is 0.822. The molecule has 8 heteroatoms. The maximum absolute atomic E-state index is 12.6. The molecule has 1 aliphatic rings. The van der Waals surface area contributed by atoms with E-state index in [1.165, 1.54) is 12.0 Å². The third kappa shape index (κ3) is 3.08. The Morgan fingerprint density at radius 3 is 2.83 bits per heavy atom. The van der Waals surface area contributed by atoms with Crippen LogP contribution in [0.2, 0.25) is 0 Å². The smallest absolute Gasteiger partial charge is 0.312 e. The van der Waals surface area contributed by atoms with E-state index < -0.39 is 11.9 Å². The Labute approximate surface area is 102 Å². The number of nitrogens with one attached hydrogen (secondary N) is 1. The highest BCUT2D eigenvalue weighted by Gasteiger charge is 2.34. The number of aromatic nitrogens is 2. The fraction of sp³-hybridized carbons (Fsp3) is 0.600. The summed E-state index contributed by atoms with van der Waals surface area (Å²) in [7, 11) is 0. The molecule has 0 bridgehead atoms. The highest BCUT2D eigenvalue weighted by atomic mass is 19.4. The number of halogens is 3. The lowest BCUT2D eigenvalue weighted by molar-refractivity contribution is -0.141. The third-order valence-electron chi connectivity index (χ3n) is 2.39. The summed E-state index contributed by atoms with van der Waals surface area (Å²) in [5.41, 5.74) is -0.953. The molecule has 1 aromatic heterocycles. The maximum atomic E-state index is 12.6. The molecule has 1 saturated heterocycles. The summed E-state index contributed by atoms with van der Waals surface area (Å²) in [6, 6.07) is 0.901. The molecule has 0 aromatic carbocycles. The van der Waals surface area contributed by atoms with Crippen molar-refractivity contribution >= 4 is 5.82 Å². The number of nitrogens with zero attached hydrogens (tertiary/aromatic N) is 3. The van der Waals surface area contributed by atoms with E-state index in [1.807, 2.05) is 0 Å². The van der Waals surface area contributed by atoms with E-state index in [9.17, 15) is 13.2 Å². The summed E-state index contributed by atoms with van der Waals surface area (Å²) in [5.74, 6) is 0.208. The number of rotatable bonds is 1. The number of hydrogen-bond acceptors (Lipinski definition) is 5. The van der Waals surface area contributed by atoms with Crippen LogP contribution in [-0.2, 0) is 11.0 Å². The van der Waals surface area contributed by atoms with E-state index in [0.717, 1.165) is 6.07 Å². The minimum absolute atomic E-state index is 0.0700. The van der Waals surface area contributed by atoms with Crippen LogP contribution in [0.3, 0.4) is 0 Å². The predicted octanol–water partition coefficient (Wildman–Crippen LogP) is 1.15. The lowest BCUT2D eigenvalue weighted by Crippen LogP contribution is -2.28. The van der Waals surface area contributed by atoms with Crippen molar-refractivity contribution in [2.45, 2.75) is 13.1 Å². The maximum Gasteiger partial charge on any atom is 0.433 e. The van der Waals surface area contributed by atoms with Gasteiger partial charge in [-0.1, -0.05) is 0 Å². The Hall–Kier alpha value is -1.41. The first-order valence-corrected chi connectivity index (χ1v) is 5.51. The van der Waals surface area contributed by atoms with Gasteiger partial charge >= 0.3 is 6.18 Å². The molecule has 2 rings (SSSR count). The molecule has 0 atom stereocenters. The summed E-state index contributed by atoms with van der Waals surface area (Å²) < 4.78 is 37.9. The molecule has 2 heterocycles. The van der Waals surface area contributed by atoms with Crippen LogP contribution in [0.4, 0.5) is 19.0 Å². The number of aryl methyl sites for hydroxylation is 1. The van der Waals surface area contributed by atoms with Gasteiger partial charge in [0.25, 0.3) is 0 Å². The molecule has 0 spiro atoms. The van der Waals surface area contributed by atoms with Gasteiger partial charge in [0, 0.05) is 19.2 Å². The average molecular weight is 262 g/mol. The molecule has 0 unspecified atom stereocenters. The van der Waals surface area contributed by atoms with Gasteiger partial charge in [0.1, 0.15) is 11.5 Å². The minimum atomic E-state index is -4.48. The van der Waals surface area contributed by atoms with Crippen LogP contribution in [0.15, 0.2) is 6.07 Å². The van der Waals surface area contributed by atoms with Crippen molar-refractivity contribution in [2.75, 3.05) is 31.3 Å². The van der Waals surface area contributed by atoms with Crippen LogP contribution < -0.4 is 10.4 Å². The van der Waals surface area contributed by atoms with Crippen molar-refractivity contribution in [1.29, 1.82) is 0 Å². The molecule has 18 heavy (non-hydrogen) atoms. The number of hydrogen-bond donors (Lipinski definition) is 1. The summed E-state index contributed by atoms with van der Waals surface area (Å²) in [6.07, 6.45) is -4.48. The monoisotopic (exact) mass is 262 g/mol. The highest BCUT2D eigenvalue weighted by Crippen LogP contribution is 2.29. The lowest BCUT2D eigenvalue weighted by Gasteiger charge is -2.21. The molecule has 1 N–H and O–H groups in total. The van der Waals surface area contributed by atoms with Crippen LogP contribution in [0, 0.1) is 6.92 Å². The second-order valence-corrected chi connectivity index (χ2v) is 3.84. The van der Waals surface area contributed by atoms with Crippen molar-refractivity contribution in [1.82, 2.24) is 15.3 Å². The van der Waals surface area contributed by atoms with Crippen LogP contribution >= 0.6 is 0 Å². The van der Waals surface area contributed by atoms with Crippen molar-refractivity contribution in [3.63, 3.8) is 0 Å². The molecule has 1 fully saturated rings. The molecule has 0 saturated carbocycles. The summed E-state index contributed by atoms with van der Waals surface area (Å²) in [4.78, 5) is 12.7. The Morgan fingerprint density at radius 1 is 1.33 bits per heavy atom. The van der Waals surface area contributed by atoms with E-state index >= 15 is 0 Å². The first-order valence-electron chi connectivity index (χ1n) is 5.51. The zero-order valence-electron chi connectivity index (χ0n) is 9.79. The molecule has 0 aliphatic carbocycles. The fourth-order valence-corrected chi connectivity index (χ4v) is 1.60. The van der Waals surface area contributed by atoms with E-state index in [2.05, 4.69) is 15.3 Å². The van der Waals surface area contributed by atoms with Crippen molar-refractivity contribution in [3.05, 3.63) is 17.6 Å². The average Bonchev–Trinajstić information content (AvgIpc) is 2.55. The van der Waals surface area contributed by atoms with Crippen molar-refractivity contribution in [3.8, 4) is 0 Å². The summed E-state index contributed by atoms with van der Waals surface area (Å²) in [5, 5.41) is 4.44. The zero-order chi connectivity index (χ0) is 13.2. The van der Waals surface area contributed by atoms with Crippen LogP contribution in [0.5, 0.6) is 0 Å². The summed E-state index contributed by atoms with van der Waals surface area (Å²) in [6.45, 7) is 3.55. The van der Waals surface area contributed by atoms with Gasteiger partial charge in [-0.15, -0.1) is 0 Å². The van der Waals surface area contributed by atoms with Crippen LogP contribution in [-0.4, -0.2) is 36.2 Å². The van der Waals surface area contributed by atoms with E-state index in [4.69, 9.17) is 4.84 Å². The second kappa shape index (κ2) is 5.07. The molecule has 5 nitrogen and oxygen atoms in total. The fourth-order valence-electron chi connectivity index (χ4n) is 1.60. The topological polar surface area (TPSA) is 50.3 Å². The lowest BCUT2D eigenvalue weighted by atomic mass is 10.3. The van der Waals surface area contributed by atoms with Crippen LogP contribution in [0.1, 0.15) is 11.5 Å². The van der Waals surface area contributed by atoms with Gasteiger partial charge in [0.15, 0.2) is 5.82 Å². The van der Waals surface area contributed by atoms with Gasteiger partial charge in [0.2, 0.25) is 0 Å². The molecule has 1 aromatic rings. The van der Waals surface area contributed by atoms with Crippen LogP contribution in [0.25, 0.3) is 0 Å². The third-order valence-corrected chi connectivity index (χ3v) is 2.39. The van der Waals surface area contributed by atoms with Gasteiger partial charge in [-0.05, 0) is 6.92 Å². The second-order valence-electron chi connectivity index (χ2n) is 3.84. The Morgan fingerprint density at radius 2 is 2.11 bits per heavy atom. The van der Waals surface area contributed by atoms with Gasteiger partial charge in [0.05, 0.1) is 13.2 Å². The number of anilines is 1. The predicted molar refractivity (Wildman–Crippen MR) is 57.9 cm³/mol.